The van der Waals surface area contributed by atoms with Gasteiger partial charge in [0.15, 0.2) is 0 Å². The van der Waals surface area contributed by atoms with Crippen molar-refractivity contribution in [1.29, 1.82) is 0 Å². The van der Waals surface area contributed by atoms with Gasteiger partial charge in [-0.1, -0.05) is 48.3 Å². The van der Waals surface area contributed by atoms with Gasteiger partial charge in [-0.25, -0.2) is 13.1 Å². The number of sulfonamides is 1. The lowest BCUT2D eigenvalue weighted by atomic mass is 9.96. The molecular weight excluding hydrogens is 338 g/mol. The van der Waals surface area contributed by atoms with Gasteiger partial charge in [0.2, 0.25) is 10.0 Å². The number of rotatable bonds is 7. The van der Waals surface area contributed by atoms with E-state index in [0.29, 0.717) is 0 Å². The van der Waals surface area contributed by atoms with Crippen LogP contribution >= 0.6 is 15.9 Å². The molecule has 114 valence electrons. The Morgan fingerprint density at radius 1 is 1.25 bits per heavy atom. The molecule has 1 unspecified atom stereocenters. The summed E-state index contributed by atoms with van der Waals surface area (Å²) in [5, 5.41) is 0. The lowest BCUT2D eigenvalue weighted by Gasteiger charge is -2.27. The van der Waals surface area contributed by atoms with Gasteiger partial charge in [-0.2, -0.15) is 0 Å². The van der Waals surface area contributed by atoms with Crippen molar-refractivity contribution in [2.45, 2.75) is 46.1 Å². The maximum atomic E-state index is 12.3. The molecule has 0 spiro atoms. The number of hydrogen-bond donors (Lipinski definition) is 1. The van der Waals surface area contributed by atoms with Crippen LogP contribution in [0.4, 0.5) is 0 Å². The Morgan fingerprint density at radius 3 is 2.30 bits per heavy atom. The third-order valence-electron chi connectivity index (χ3n) is 3.26. The molecule has 0 aliphatic rings. The third kappa shape index (κ3) is 5.54. The van der Waals surface area contributed by atoms with E-state index in [1.54, 1.807) is 0 Å². The summed E-state index contributed by atoms with van der Waals surface area (Å²) in [6, 6.07) is 7.71. The van der Waals surface area contributed by atoms with E-state index in [4.69, 9.17) is 0 Å². The first-order chi connectivity index (χ1) is 9.16. The zero-order chi connectivity index (χ0) is 15.4. The van der Waals surface area contributed by atoms with Gasteiger partial charge in [-0.15, -0.1) is 0 Å². The Bertz CT molecular complexity index is 523. The summed E-state index contributed by atoms with van der Waals surface area (Å²) in [7, 11) is -3.28. The SMILES string of the molecule is CCCC(C)CS(=O)(=O)NC(C)(C)c1ccc(Br)cc1. The maximum Gasteiger partial charge on any atom is 0.212 e. The van der Waals surface area contributed by atoms with Crippen molar-refractivity contribution in [1.82, 2.24) is 4.72 Å². The third-order valence-corrected chi connectivity index (χ3v) is 5.62. The van der Waals surface area contributed by atoms with Crippen LogP contribution in [-0.2, 0) is 15.6 Å². The molecule has 0 aliphatic heterocycles. The van der Waals surface area contributed by atoms with E-state index < -0.39 is 15.6 Å². The second-order valence-corrected chi connectivity index (χ2v) is 8.59. The van der Waals surface area contributed by atoms with Gasteiger partial charge in [-0.05, 0) is 43.9 Å². The fourth-order valence-electron chi connectivity index (χ4n) is 2.31. The largest absolute Gasteiger partial charge is 0.212 e. The highest BCUT2D eigenvalue weighted by Crippen LogP contribution is 2.23. The Hall–Kier alpha value is -0.390. The van der Waals surface area contributed by atoms with Crippen LogP contribution in [0.15, 0.2) is 28.7 Å². The molecule has 5 heteroatoms. The monoisotopic (exact) mass is 361 g/mol. The maximum absolute atomic E-state index is 12.3. The van der Waals surface area contributed by atoms with Gasteiger partial charge in [0, 0.05) is 4.47 Å². The predicted octanol–water partition coefficient (Wildman–Crippen LogP) is 4.04. The van der Waals surface area contributed by atoms with Crippen molar-refractivity contribution in [3.8, 4) is 0 Å². The highest BCUT2D eigenvalue weighted by molar-refractivity contribution is 9.10. The first-order valence-corrected chi connectivity index (χ1v) is 9.38. The minimum atomic E-state index is -3.28. The van der Waals surface area contributed by atoms with Gasteiger partial charge < -0.3 is 0 Å². The molecule has 1 rings (SSSR count). The molecule has 0 saturated heterocycles. The van der Waals surface area contributed by atoms with Gasteiger partial charge in [0.1, 0.15) is 0 Å². The van der Waals surface area contributed by atoms with Crippen molar-refractivity contribution in [2.75, 3.05) is 5.75 Å². The van der Waals surface area contributed by atoms with Crippen LogP contribution in [0.5, 0.6) is 0 Å². The van der Waals surface area contributed by atoms with Crippen LogP contribution < -0.4 is 4.72 Å². The lowest BCUT2D eigenvalue weighted by molar-refractivity contribution is 0.463. The van der Waals surface area contributed by atoms with Gasteiger partial charge >= 0.3 is 0 Å². The highest BCUT2D eigenvalue weighted by atomic mass is 79.9. The predicted molar refractivity (Wildman–Crippen MR) is 88.2 cm³/mol. The van der Waals surface area contributed by atoms with Crippen molar-refractivity contribution >= 4 is 26.0 Å². The second-order valence-electron chi connectivity index (χ2n) is 5.91. The normalized spacial score (nSPS) is 14.2. The van der Waals surface area contributed by atoms with Crippen molar-refractivity contribution in [3.63, 3.8) is 0 Å². The van der Waals surface area contributed by atoms with E-state index in [-0.39, 0.29) is 11.7 Å². The van der Waals surface area contributed by atoms with Crippen LogP contribution in [0.25, 0.3) is 0 Å². The quantitative estimate of drug-likeness (QED) is 0.796. The van der Waals surface area contributed by atoms with E-state index in [1.807, 2.05) is 45.0 Å². The van der Waals surface area contributed by atoms with E-state index in [1.165, 1.54) is 0 Å². The standard InChI is InChI=1S/C15H24BrNO2S/c1-5-6-12(2)11-20(18,19)17-15(3,4)13-7-9-14(16)10-8-13/h7-10,12,17H,5-6,11H2,1-4H3. The zero-order valence-corrected chi connectivity index (χ0v) is 15.0. The molecule has 0 radical (unpaired) electrons. The Labute approximate surface area is 131 Å². The smallest absolute Gasteiger partial charge is 0.212 e. The Balaban J connectivity index is 2.81. The zero-order valence-electron chi connectivity index (χ0n) is 12.6. The molecule has 1 aromatic rings. The number of hydrogen-bond acceptors (Lipinski definition) is 2. The minimum absolute atomic E-state index is 0.179. The summed E-state index contributed by atoms with van der Waals surface area (Å²) in [5.41, 5.74) is 0.346. The molecule has 0 amide bonds. The van der Waals surface area contributed by atoms with E-state index >= 15 is 0 Å². The van der Waals surface area contributed by atoms with Gasteiger partial charge in [0.25, 0.3) is 0 Å². The van der Waals surface area contributed by atoms with Crippen LogP contribution in [0, 0.1) is 5.92 Å². The van der Waals surface area contributed by atoms with Crippen LogP contribution in [0.2, 0.25) is 0 Å². The lowest BCUT2D eigenvalue weighted by Crippen LogP contribution is -2.43. The summed E-state index contributed by atoms with van der Waals surface area (Å²) in [4.78, 5) is 0. The highest BCUT2D eigenvalue weighted by Gasteiger charge is 2.27. The second kappa shape index (κ2) is 7.05. The molecule has 0 saturated carbocycles. The summed E-state index contributed by atoms with van der Waals surface area (Å²) < 4.78 is 28.3. The Morgan fingerprint density at radius 2 is 1.80 bits per heavy atom. The summed E-state index contributed by atoms with van der Waals surface area (Å²) in [5.74, 6) is 0.360. The minimum Gasteiger partial charge on any atom is -0.212 e. The summed E-state index contributed by atoms with van der Waals surface area (Å²) >= 11 is 3.38. The van der Waals surface area contributed by atoms with Crippen molar-refractivity contribution < 1.29 is 8.42 Å². The topological polar surface area (TPSA) is 46.2 Å². The van der Waals surface area contributed by atoms with E-state index in [0.717, 1.165) is 22.9 Å². The number of halogens is 1. The molecule has 3 nitrogen and oxygen atoms in total. The average molecular weight is 362 g/mol. The molecule has 1 N–H and O–H groups in total. The molecule has 0 aromatic heterocycles. The van der Waals surface area contributed by atoms with E-state index in [2.05, 4.69) is 27.6 Å². The van der Waals surface area contributed by atoms with Gasteiger partial charge in [0.05, 0.1) is 11.3 Å². The fraction of sp³-hybridized carbons (Fsp3) is 0.600. The first-order valence-electron chi connectivity index (χ1n) is 6.94. The van der Waals surface area contributed by atoms with Crippen molar-refractivity contribution in [2.24, 2.45) is 5.92 Å². The molecule has 0 bridgehead atoms. The molecule has 1 aromatic carbocycles. The summed E-state index contributed by atoms with van der Waals surface area (Å²) in [6.07, 6.45) is 1.94. The molecule has 0 fully saturated rings. The molecule has 20 heavy (non-hydrogen) atoms. The number of nitrogens with one attached hydrogen (secondary N) is 1. The van der Waals surface area contributed by atoms with Crippen LogP contribution in [-0.4, -0.2) is 14.2 Å². The van der Waals surface area contributed by atoms with Crippen LogP contribution in [0.3, 0.4) is 0 Å². The number of benzene rings is 1. The van der Waals surface area contributed by atoms with Crippen molar-refractivity contribution in [3.05, 3.63) is 34.3 Å². The summed E-state index contributed by atoms with van der Waals surface area (Å²) in [6.45, 7) is 7.83. The average Bonchev–Trinajstić information content (AvgIpc) is 2.27. The van der Waals surface area contributed by atoms with E-state index in [9.17, 15) is 8.42 Å². The molecule has 0 aliphatic carbocycles. The fourth-order valence-corrected chi connectivity index (χ4v) is 4.47. The first kappa shape index (κ1) is 17.7. The molecular formula is C15H24BrNO2S. The Kier molecular flexibility index (Phi) is 6.23. The van der Waals surface area contributed by atoms with Gasteiger partial charge in [-0.3, -0.25) is 0 Å². The molecule has 0 heterocycles. The molecule has 1 atom stereocenters. The van der Waals surface area contributed by atoms with Crippen LogP contribution in [0.1, 0.15) is 46.1 Å².